The van der Waals surface area contributed by atoms with Crippen molar-refractivity contribution in [1.29, 1.82) is 0 Å². The van der Waals surface area contributed by atoms with Crippen LogP contribution in [0.15, 0.2) is 26.9 Å². The van der Waals surface area contributed by atoms with Crippen molar-refractivity contribution in [2.75, 3.05) is 16.9 Å². The van der Waals surface area contributed by atoms with E-state index in [4.69, 9.17) is 0 Å². The first-order chi connectivity index (χ1) is 17.9. The van der Waals surface area contributed by atoms with Crippen LogP contribution in [0.1, 0.15) is 31.4 Å². The Kier molecular flexibility index (Phi) is 6.18. The summed E-state index contributed by atoms with van der Waals surface area (Å²) in [5, 5.41) is 5.22. The van der Waals surface area contributed by atoms with Crippen molar-refractivity contribution < 1.29 is 18.0 Å². The third-order valence-electron chi connectivity index (χ3n) is 6.34. The van der Waals surface area contributed by atoms with Crippen LogP contribution in [-0.2, 0) is 40.1 Å². The summed E-state index contributed by atoms with van der Waals surface area (Å²) in [5.74, 6) is 5.52. The highest BCUT2D eigenvalue weighted by Crippen LogP contribution is 2.32. The van der Waals surface area contributed by atoms with Gasteiger partial charge in [0.2, 0.25) is 26.8 Å². The number of fused-ring (bicyclic) bond motifs is 1. The van der Waals surface area contributed by atoms with Gasteiger partial charge >= 0.3 is 5.69 Å². The molecule has 14 heteroatoms. The van der Waals surface area contributed by atoms with Gasteiger partial charge in [-0.3, -0.25) is 23.5 Å². The first-order valence-corrected chi connectivity index (χ1v) is 13.8. The summed E-state index contributed by atoms with van der Waals surface area (Å²) in [7, 11) is -1.11. The van der Waals surface area contributed by atoms with Crippen LogP contribution in [0.5, 0.6) is 0 Å². The summed E-state index contributed by atoms with van der Waals surface area (Å²) in [6.45, 7) is -0.228. The number of nitrogens with zero attached hydrogens (tertiary/aromatic N) is 5. The quantitative estimate of drug-likeness (QED) is 0.412. The molecule has 2 aliphatic carbocycles. The van der Waals surface area contributed by atoms with Crippen molar-refractivity contribution in [3.63, 3.8) is 0 Å². The third-order valence-corrected chi connectivity index (χ3v) is 7.37. The Bertz CT molecular complexity index is 1750. The molecule has 38 heavy (non-hydrogen) atoms. The van der Waals surface area contributed by atoms with Gasteiger partial charge in [0.25, 0.3) is 5.56 Å². The number of carbonyl (C=O) groups excluding carboxylic acids is 2. The molecule has 0 aliphatic heterocycles. The van der Waals surface area contributed by atoms with E-state index in [2.05, 4.69) is 32.4 Å². The van der Waals surface area contributed by atoms with Gasteiger partial charge in [-0.2, -0.15) is 4.98 Å². The first kappa shape index (κ1) is 25.4. The Labute approximate surface area is 216 Å². The Balaban J connectivity index is 1.51. The Morgan fingerprint density at radius 3 is 2.24 bits per heavy atom. The number of imidazole rings is 1. The molecule has 2 aliphatic rings. The lowest BCUT2D eigenvalue weighted by Gasteiger charge is -2.09. The number of hydrogen-bond donors (Lipinski definition) is 2. The summed E-state index contributed by atoms with van der Waals surface area (Å²) in [6.07, 6.45) is 4.24. The molecule has 2 fully saturated rings. The number of amides is 2. The largest absolute Gasteiger partial charge is 0.333 e. The number of hydrogen-bond acceptors (Lipinski definition) is 8. The van der Waals surface area contributed by atoms with Crippen LogP contribution in [0.25, 0.3) is 11.2 Å². The molecule has 198 valence electrons. The number of aryl methyl sites for hydroxylation is 1. The predicted octanol–water partition coefficient (Wildman–Crippen LogP) is -0.0191. The lowest BCUT2D eigenvalue weighted by atomic mass is 10.2. The highest BCUT2D eigenvalue weighted by molar-refractivity contribution is 7.90. The molecule has 0 radical (unpaired) electrons. The fourth-order valence-corrected chi connectivity index (χ4v) is 4.83. The van der Waals surface area contributed by atoms with E-state index in [9.17, 15) is 27.6 Å². The summed E-state index contributed by atoms with van der Waals surface area (Å²) < 4.78 is 27.4. The van der Waals surface area contributed by atoms with Crippen LogP contribution in [0.3, 0.4) is 0 Å². The van der Waals surface area contributed by atoms with Gasteiger partial charge in [0, 0.05) is 43.9 Å². The molecule has 0 saturated heterocycles. The van der Waals surface area contributed by atoms with Crippen molar-refractivity contribution in [3.05, 3.63) is 38.7 Å². The highest BCUT2D eigenvalue weighted by atomic mass is 32.2. The predicted molar refractivity (Wildman–Crippen MR) is 137 cm³/mol. The van der Waals surface area contributed by atoms with Gasteiger partial charge in [0.05, 0.1) is 6.54 Å². The van der Waals surface area contributed by atoms with E-state index in [1.165, 1.54) is 14.1 Å². The molecule has 0 bridgehead atoms. The van der Waals surface area contributed by atoms with Crippen molar-refractivity contribution >= 4 is 44.3 Å². The Hall–Kier alpha value is -4.25. The zero-order valence-electron chi connectivity index (χ0n) is 20.9. The van der Waals surface area contributed by atoms with E-state index in [1.54, 1.807) is 12.1 Å². The second kappa shape index (κ2) is 9.25. The molecule has 0 spiro atoms. The molecular formula is C24H25N7O6S. The number of sulfone groups is 1. The van der Waals surface area contributed by atoms with E-state index in [0.29, 0.717) is 5.69 Å². The SMILES string of the molecule is Cn1c(=O)c2c(nc(S(C)(=O)=O)n2C)n(CC#Cc2cc(NC(=O)C3CC3)cc(NC(=O)C3CC3)n2)c1=O. The summed E-state index contributed by atoms with van der Waals surface area (Å²) in [5.41, 5.74) is -0.900. The summed E-state index contributed by atoms with van der Waals surface area (Å²) in [6, 6.07) is 3.12. The molecule has 3 aromatic rings. The number of nitrogens with one attached hydrogen (secondary N) is 2. The van der Waals surface area contributed by atoms with E-state index in [1.807, 2.05) is 0 Å². The maximum Gasteiger partial charge on any atom is 0.333 e. The molecule has 0 unspecified atom stereocenters. The summed E-state index contributed by atoms with van der Waals surface area (Å²) >= 11 is 0. The van der Waals surface area contributed by atoms with Crippen LogP contribution >= 0.6 is 0 Å². The van der Waals surface area contributed by atoms with Crippen LogP contribution in [0.2, 0.25) is 0 Å². The normalized spacial score (nSPS) is 15.1. The molecule has 2 saturated carbocycles. The van der Waals surface area contributed by atoms with Gasteiger partial charge < -0.3 is 15.2 Å². The molecule has 0 aromatic carbocycles. The van der Waals surface area contributed by atoms with Crippen LogP contribution < -0.4 is 21.9 Å². The van der Waals surface area contributed by atoms with Gasteiger partial charge in [-0.15, -0.1) is 0 Å². The first-order valence-electron chi connectivity index (χ1n) is 11.9. The molecule has 2 N–H and O–H groups in total. The van der Waals surface area contributed by atoms with Crippen LogP contribution in [0, 0.1) is 23.7 Å². The maximum absolute atomic E-state index is 12.9. The van der Waals surface area contributed by atoms with Crippen molar-refractivity contribution in [1.82, 2.24) is 23.7 Å². The molecule has 3 heterocycles. The maximum atomic E-state index is 12.9. The van der Waals surface area contributed by atoms with E-state index >= 15 is 0 Å². The van der Waals surface area contributed by atoms with Gasteiger partial charge in [0.1, 0.15) is 11.5 Å². The van der Waals surface area contributed by atoms with Gasteiger partial charge in [-0.25, -0.2) is 18.2 Å². The second-order valence-electron chi connectivity index (χ2n) is 9.59. The Morgan fingerprint density at radius 1 is 1.00 bits per heavy atom. The minimum Gasteiger partial charge on any atom is -0.326 e. The molecular weight excluding hydrogens is 514 g/mol. The molecule has 0 atom stereocenters. The second-order valence-corrected chi connectivity index (χ2v) is 11.5. The zero-order valence-corrected chi connectivity index (χ0v) is 21.8. The van der Waals surface area contributed by atoms with Gasteiger partial charge in [-0.05, 0) is 37.7 Å². The van der Waals surface area contributed by atoms with Crippen molar-refractivity contribution in [2.45, 2.75) is 37.4 Å². The average Bonchev–Trinajstić information content (AvgIpc) is 3.75. The monoisotopic (exact) mass is 539 g/mol. The average molecular weight is 540 g/mol. The van der Waals surface area contributed by atoms with Crippen molar-refractivity contribution in [3.8, 4) is 11.8 Å². The minimum absolute atomic E-state index is 0.0311. The lowest BCUT2D eigenvalue weighted by Crippen LogP contribution is -2.38. The number of pyridine rings is 1. The topological polar surface area (TPSA) is 167 Å². The van der Waals surface area contributed by atoms with E-state index < -0.39 is 21.1 Å². The standard InChI is InChI=1S/C24H25N7O6S/c1-29-18-19(28-23(29)38(3,36)37)31(24(35)30(2)22(18)34)10-4-5-15-11-16(26-20(32)13-6-7-13)12-17(25-15)27-21(33)14-8-9-14/h11-14H,6-10H2,1-3H3,(H2,25,26,27,32,33). The Morgan fingerprint density at radius 2 is 1.63 bits per heavy atom. The van der Waals surface area contributed by atoms with E-state index in [-0.39, 0.29) is 58.0 Å². The number of carbonyl (C=O) groups is 2. The minimum atomic E-state index is -3.78. The van der Waals surface area contributed by atoms with Gasteiger partial charge in [0.15, 0.2) is 11.2 Å². The van der Waals surface area contributed by atoms with Crippen LogP contribution in [0.4, 0.5) is 11.5 Å². The zero-order chi connectivity index (χ0) is 27.4. The fraction of sp³-hybridized carbons (Fsp3) is 0.417. The van der Waals surface area contributed by atoms with Crippen molar-refractivity contribution in [2.24, 2.45) is 25.9 Å². The number of aromatic nitrogens is 5. The smallest absolute Gasteiger partial charge is 0.326 e. The molecule has 13 nitrogen and oxygen atoms in total. The highest BCUT2D eigenvalue weighted by Gasteiger charge is 2.31. The third kappa shape index (κ3) is 4.97. The molecule has 5 rings (SSSR count). The van der Waals surface area contributed by atoms with Gasteiger partial charge in [-0.1, -0.05) is 5.92 Å². The molecule has 2 amide bonds. The van der Waals surface area contributed by atoms with E-state index in [0.717, 1.165) is 45.6 Å². The fourth-order valence-electron chi connectivity index (χ4n) is 3.99. The number of anilines is 2. The van der Waals surface area contributed by atoms with Crippen LogP contribution in [-0.4, -0.2) is 50.2 Å². The summed E-state index contributed by atoms with van der Waals surface area (Å²) in [4.78, 5) is 58.5. The number of rotatable bonds is 6. The molecule has 3 aromatic heterocycles. The lowest BCUT2D eigenvalue weighted by molar-refractivity contribution is -0.118.